The van der Waals surface area contributed by atoms with Gasteiger partial charge in [-0.05, 0) is 44.5 Å². The lowest BCUT2D eigenvalue weighted by atomic mass is 9.82. The van der Waals surface area contributed by atoms with Crippen LogP contribution in [0.5, 0.6) is 0 Å². The first kappa shape index (κ1) is 21.9. The van der Waals surface area contributed by atoms with Gasteiger partial charge in [-0.3, -0.25) is 4.79 Å². The molecule has 9 heteroatoms. The van der Waals surface area contributed by atoms with E-state index in [2.05, 4.69) is 15.1 Å². The van der Waals surface area contributed by atoms with Crippen molar-refractivity contribution in [1.29, 1.82) is 0 Å². The fraction of sp³-hybridized carbons (Fsp3) is 0.308. The molecule has 0 aliphatic carbocycles. The van der Waals surface area contributed by atoms with Crippen LogP contribution < -0.4 is 4.90 Å². The molecule has 0 spiro atoms. The highest BCUT2D eigenvalue weighted by Crippen LogP contribution is 2.41. The number of carbonyl (C=O) groups is 1. The first-order valence-electron chi connectivity index (χ1n) is 11.7. The minimum absolute atomic E-state index is 0.00192. The van der Waals surface area contributed by atoms with Crippen LogP contribution in [0.2, 0.25) is 0 Å². The highest BCUT2D eigenvalue weighted by molar-refractivity contribution is 7.16. The molecule has 4 heterocycles. The SMILES string of the molecule is Cc1ccc(-n2nccn2)c(C(=O)N2CC[C@@H]3CN(c4nc(-c5cccc(F)c5)c(C)s4)[C@@H]3C2)c1. The Hall–Kier alpha value is -3.59. The minimum Gasteiger partial charge on any atom is -0.343 e. The molecule has 2 atom stereocenters. The molecular formula is C26H25FN6OS. The molecule has 2 saturated heterocycles. The molecule has 6 rings (SSSR count). The van der Waals surface area contributed by atoms with Crippen molar-refractivity contribution in [3.05, 3.63) is 76.7 Å². The molecule has 2 aliphatic rings. The quantitative estimate of drug-likeness (QED) is 0.423. The van der Waals surface area contributed by atoms with Crippen molar-refractivity contribution >= 4 is 22.4 Å². The maximum Gasteiger partial charge on any atom is 0.256 e. The van der Waals surface area contributed by atoms with Gasteiger partial charge in [0.2, 0.25) is 0 Å². The Balaban J connectivity index is 1.24. The summed E-state index contributed by atoms with van der Waals surface area (Å²) in [4.78, 5) is 25.3. The zero-order valence-corrected chi connectivity index (χ0v) is 20.4. The molecular weight excluding hydrogens is 463 g/mol. The molecule has 2 aromatic carbocycles. The minimum atomic E-state index is -0.261. The Morgan fingerprint density at radius 3 is 2.71 bits per heavy atom. The normalized spacial score (nSPS) is 19.4. The van der Waals surface area contributed by atoms with E-state index < -0.39 is 0 Å². The van der Waals surface area contributed by atoms with Gasteiger partial charge in [-0.1, -0.05) is 23.8 Å². The number of amides is 1. The number of benzene rings is 2. The van der Waals surface area contributed by atoms with E-state index in [-0.39, 0.29) is 17.8 Å². The molecule has 35 heavy (non-hydrogen) atoms. The topological polar surface area (TPSA) is 67.2 Å². The van der Waals surface area contributed by atoms with Crippen LogP contribution in [0.25, 0.3) is 16.9 Å². The van der Waals surface area contributed by atoms with Crippen molar-refractivity contribution in [3.8, 4) is 16.9 Å². The highest BCUT2D eigenvalue weighted by atomic mass is 32.1. The van der Waals surface area contributed by atoms with Gasteiger partial charge < -0.3 is 9.80 Å². The predicted octanol–water partition coefficient (Wildman–Crippen LogP) is 4.50. The Labute approximate surface area is 206 Å². The van der Waals surface area contributed by atoms with Gasteiger partial charge in [0.1, 0.15) is 5.82 Å². The first-order chi connectivity index (χ1) is 17.0. The third-order valence-corrected chi connectivity index (χ3v) is 7.99. The van der Waals surface area contributed by atoms with Crippen molar-refractivity contribution in [2.24, 2.45) is 5.92 Å². The van der Waals surface area contributed by atoms with Gasteiger partial charge in [-0.25, -0.2) is 9.37 Å². The zero-order valence-electron chi connectivity index (χ0n) is 19.6. The molecule has 2 fully saturated rings. The number of hydrogen-bond donors (Lipinski definition) is 0. The van der Waals surface area contributed by atoms with Crippen molar-refractivity contribution in [1.82, 2.24) is 24.9 Å². The number of hydrogen-bond acceptors (Lipinski definition) is 6. The van der Waals surface area contributed by atoms with Gasteiger partial charge in [0.25, 0.3) is 5.91 Å². The lowest BCUT2D eigenvalue weighted by Gasteiger charge is -2.53. The summed E-state index contributed by atoms with van der Waals surface area (Å²) >= 11 is 1.63. The Bertz CT molecular complexity index is 1400. The van der Waals surface area contributed by atoms with E-state index in [0.717, 1.165) is 46.3 Å². The Kier molecular flexibility index (Phi) is 5.36. The maximum absolute atomic E-state index is 13.8. The second-order valence-corrected chi connectivity index (χ2v) is 10.5. The average Bonchev–Trinajstić information content (AvgIpc) is 3.49. The Morgan fingerprint density at radius 2 is 1.91 bits per heavy atom. The van der Waals surface area contributed by atoms with Crippen LogP contribution in [-0.4, -0.2) is 56.5 Å². The molecule has 0 bridgehead atoms. The van der Waals surface area contributed by atoms with E-state index in [4.69, 9.17) is 4.98 Å². The molecule has 0 unspecified atom stereocenters. The molecule has 178 valence electrons. The number of thiazole rings is 1. The molecule has 0 N–H and O–H groups in total. The lowest BCUT2D eigenvalue weighted by Crippen LogP contribution is -2.65. The fourth-order valence-corrected chi connectivity index (χ4v) is 6.11. The van der Waals surface area contributed by atoms with E-state index >= 15 is 0 Å². The number of halogens is 1. The van der Waals surface area contributed by atoms with Crippen molar-refractivity contribution in [2.45, 2.75) is 26.3 Å². The van der Waals surface area contributed by atoms with Crippen molar-refractivity contribution in [2.75, 3.05) is 24.5 Å². The third kappa shape index (κ3) is 3.89. The second-order valence-electron chi connectivity index (χ2n) is 9.27. The number of rotatable bonds is 4. The maximum atomic E-state index is 13.8. The molecule has 0 saturated carbocycles. The van der Waals surface area contributed by atoms with Crippen LogP contribution in [-0.2, 0) is 0 Å². The van der Waals surface area contributed by atoms with Gasteiger partial charge in [0, 0.05) is 36.0 Å². The summed E-state index contributed by atoms with van der Waals surface area (Å²) in [6.07, 6.45) is 4.19. The summed E-state index contributed by atoms with van der Waals surface area (Å²) in [6, 6.07) is 12.6. The largest absolute Gasteiger partial charge is 0.343 e. The summed E-state index contributed by atoms with van der Waals surface area (Å²) in [5.41, 5.74) is 3.94. The second kappa shape index (κ2) is 8.57. The van der Waals surface area contributed by atoms with Crippen LogP contribution in [0.4, 0.5) is 9.52 Å². The van der Waals surface area contributed by atoms with Gasteiger partial charge in [0.05, 0.1) is 35.4 Å². The number of carbonyl (C=O) groups excluding carboxylic acids is 1. The number of nitrogens with zero attached hydrogens (tertiary/aromatic N) is 6. The van der Waals surface area contributed by atoms with E-state index in [0.29, 0.717) is 23.7 Å². The number of fused-ring (bicyclic) bond motifs is 1. The standard InChI is InChI=1S/C26H25FN6OS/c1-16-6-7-22(33-28-9-10-29-33)21(12-16)25(34)31-11-8-19-14-32(23(19)15-31)26-30-24(17(2)35-26)18-4-3-5-20(27)13-18/h3-7,9-10,12-13,19,23H,8,11,14-15H2,1-2H3/t19-,23-/m1/s1. The molecule has 2 aromatic heterocycles. The monoisotopic (exact) mass is 488 g/mol. The summed E-state index contributed by atoms with van der Waals surface area (Å²) in [7, 11) is 0. The van der Waals surface area contributed by atoms with Gasteiger partial charge in [-0.2, -0.15) is 15.0 Å². The van der Waals surface area contributed by atoms with E-state index in [9.17, 15) is 9.18 Å². The van der Waals surface area contributed by atoms with Crippen LogP contribution >= 0.6 is 11.3 Å². The molecule has 2 aliphatic heterocycles. The van der Waals surface area contributed by atoms with E-state index in [1.54, 1.807) is 29.8 Å². The number of anilines is 1. The van der Waals surface area contributed by atoms with Gasteiger partial charge in [0.15, 0.2) is 5.13 Å². The summed E-state index contributed by atoms with van der Waals surface area (Å²) < 4.78 is 13.8. The molecule has 1 amide bonds. The fourth-order valence-electron chi connectivity index (χ4n) is 5.12. The predicted molar refractivity (Wildman–Crippen MR) is 133 cm³/mol. The number of piperidine rings is 1. The average molecular weight is 489 g/mol. The summed E-state index contributed by atoms with van der Waals surface area (Å²) in [5, 5.41) is 9.40. The molecule has 4 aromatic rings. The Morgan fingerprint density at radius 1 is 1.09 bits per heavy atom. The van der Waals surface area contributed by atoms with E-state index in [1.165, 1.54) is 16.9 Å². The number of aromatic nitrogens is 4. The smallest absolute Gasteiger partial charge is 0.256 e. The summed E-state index contributed by atoms with van der Waals surface area (Å²) in [5.74, 6) is 0.287. The number of aryl methyl sites for hydroxylation is 2. The van der Waals surface area contributed by atoms with Crippen molar-refractivity contribution in [3.63, 3.8) is 0 Å². The first-order valence-corrected chi connectivity index (χ1v) is 12.6. The third-order valence-electron chi connectivity index (χ3n) is 6.99. The number of likely N-dealkylation sites (tertiary alicyclic amines) is 1. The molecule has 7 nitrogen and oxygen atoms in total. The zero-order chi connectivity index (χ0) is 24.1. The van der Waals surface area contributed by atoms with Crippen LogP contribution in [0, 0.1) is 25.6 Å². The van der Waals surface area contributed by atoms with Crippen LogP contribution in [0.3, 0.4) is 0 Å². The van der Waals surface area contributed by atoms with Crippen molar-refractivity contribution < 1.29 is 9.18 Å². The lowest BCUT2D eigenvalue weighted by molar-refractivity contribution is 0.0592. The van der Waals surface area contributed by atoms with Crippen LogP contribution in [0.1, 0.15) is 27.2 Å². The highest BCUT2D eigenvalue weighted by Gasteiger charge is 2.45. The molecule has 0 radical (unpaired) electrons. The van der Waals surface area contributed by atoms with E-state index in [1.807, 2.05) is 43.0 Å². The van der Waals surface area contributed by atoms with Gasteiger partial charge in [-0.15, -0.1) is 11.3 Å². The van der Waals surface area contributed by atoms with Crippen LogP contribution in [0.15, 0.2) is 54.9 Å². The van der Waals surface area contributed by atoms with Gasteiger partial charge >= 0.3 is 0 Å². The summed E-state index contributed by atoms with van der Waals surface area (Å²) in [6.45, 7) is 6.33.